The molecule has 3 amide bonds. The van der Waals surface area contributed by atoms with Crippen LogP contribution in [0.5, 0.6) is 0 Å². The lowest BCUT2D eigenvalue weighted by Gasteiger charge is -2.56. The van der Waals surface area contributed by atoms with Gasteiger partial charge in [-0.15, -0.1) is 11.3 Å². The van der Waals surface area contributed by atoms with E-state index in [4.69, 9.17) is 4.98 Å². The first kappa shape index (κ1) is 45.6. The summed E-state index contributed by atoms with van der Waals surface area (Å²) in [7, 11) is 0. The molecule has 346 valence electrons. The fourth-order valence-electron chi connectivity index (χ4n) is 11.9. The number of pyridine rings is 1. The second-order valence-electron chi connectivity index (χ2n) is 19.6. The van der Waals surface area contributed by atoms with Crippen LogP contribution in [0.3, 0.4) is 0 Å². The van der Waals surface area contributed by atoms with Crippen molar-refractivity contribution in [1.29, 1.82) is 0 Å². The number of amides is 3. The maximum Gasteiger partial charge on any atom is 0.255 e. The maximum absolute atomic E-state index is 13.9. The number of nitrogens with zero attached hydrogens (tertiary/aromatic N) is 5. The molecule has 1 unspecified atom stereocenters. The van der Waals surface area contributed by atoms with E-state index in [9.17, 15) is 28.8 Å². The normalized spacial score (nSPS) is 22.5. The molecule has 4 aliphatic carbocycles. The molecule has 4 saturated carbocycles. The van der Waals surface area contributed by atoms with Gasteiger partial charge in [0.25, 0.3) is 11.8 Å². The van der Waals surface area contributed by atoms with Gasteiger partial charge < -0.3 is 15.1 Å². The minimum Gasteiger partial charge on any atom is -0.356 e. The lowest BCUT2D eigenvalue weighted by molar-refractivity contribution is -0.129. The Hall–Kier alpha value is -5.60. The number of hydrogen-bond acceptors (Lipinski definition) is 11. The van der Waals surface area contributed by atoms with Crippen LogP contribution in [0.1, 0.15) is 117 Å². The highest BCUT2D eigenvalue weighted by atomic mass is 32.1. The van der Waals surface area contributed by atoms with Gasteiger partial charge >= 0.3 is 0 Å². The summed E-state index contributed by atoms with van der Waals surface area (Å²) >= 11 is 1.33. The number of carbonyl (C=O) groups excluding carboxylic acids is 6. The molecule has 14 heteroatoms. The summed E-state index contributed by atoms with van der Waals surface area (Å²) in [5, 5.41) is 8.14. The van der Waals surface area contributed by atoms with Crippen LogP contribution in [-0.4, -0.2) is 94.1 Å². The third-order valence-corrected chi connectivity index (χ3v) is 15.5. The highest BCUT2D eigenvalue weighted by molar-refractivity contribution is 7.13. The summed E-state index contributed by atoms with van der Waals surface area (Å²) in [6.45, 7) is 4.78. The van der Waals surface area contributed by atoms with E-state index in [1.54, 1.807) is 16.5 Å². The van der Waals surface area contributed by atoms with Gasteiger partial charge in [0.2, 0.25) is 5.91 Å². The van der Waals surface area contributed by atoms with E-state index in [-0.39, 0.29) is 72.6 Å². The van der Waals surface area contributed by atoms with E-state index in [0.29, 0.717) is 36.6 Å². The predicted molar refractivity (Wildman–Crippen MR) is 254 cm³/mol. The van der Waals surface area contributed by atoms with Crippen LogP contribution in [0, 0.1) is 23.2 Å². The Kier molecular flexibility index (Phi) is 14.2. The molecule has 2 aromatic carbocycles. The summed E-state index contributed by atoms with van der Waals surface area (Å²) in [5.74, 6) is 2.85. The van der Waals surface area contributed by atoms with Crippen molar-refractivity contribution >= 4 is 57.4 Å². The minimum absolute atomic E-state index is 0.0227. The number of thiazole rings is 1. The van der Waals surface area contributed by atoms with E-state index >= 15 is 0 Å². The number of aromatic nitrogens is 2. The molecule has 2 aliphatic heterocycles. The Morgan fingerprint density at radius 1 is 0.758 bits per heavy atom. The molecule has 1 saturated heterocycles. The molecule has 5 fully saturated rings. The van der Waals surface area contributed by atoms with Crippen molar-refractivity contribution in [3.63, 3.8) is 0 Å². The Morgan fingerprint density at radius 2 is 1.42 bits per heavy atom. The van der Waals surface area contributed by atoms with Crippen molar-refractivity contribution in [2.45, 2.75) is 102 Å². The fourth-order valence-corrected chi connectivity index (χ4v) is 12.4. The first-order chi connectivity index (χ1) is 32.1. The molecule has 2 aromatic heterocycles. The molecule has 13 nitrogen and oxygen atoms in total. The first-order valence-electron chi connectivity index (χ1n) is 24.0. The molecule has 4 bridgehead atoms. The number of ketones is 3. The van der Waals surface area contributed by atoms with E-state index in [1.807, 2.05) is 66.9 Å². The Morgan fingerprint density at radius 3 is 2.08 bits per heavy atom. The highest BCUT2D eigenvalue weighted by Gasteiger charge is 2.51. The van der Waals surface area contributed by atoms with Crippen molar-refractivity contribution < 1.29 is 28.8 Å². The van der Waals surface area contributed by atoms with Gasteiger partial charge in [-0.1, -0.05) is 42.5 Å². The molecule has 4 aromatic rings. The standard InChI is InChI=1S/C52H61N7O6S/c60-42(11-12-43(61)13-14-44(62)16-17-53-47(63)32-52-29-35-25-36(30-52)27-37(26-35)31-52)7-4-19-57-20-22-58(23-21-57)46-15-10-40(33-55-46)39-8-9-41-34-59(50(65)45(41)28-39)48(38-5-2-1-3-6-38)49(64)56-51-54-18-24-66-51/h1-3,5-6,8-10,15,18,24,28,33,35-37,48H,4,7,11-14,16-17,19-23,25-27,29-32,34H2,(H,53,63)(H,54,56,64). The van der Waals surface area contributed by atoms with Gasteiger partial charge in [0.1, 0.15) is 29.2 Å². The predicted octanol–water partition coefficient (Wildman–Crippen LogP) is 7.82. The number of anilines is 2. The number of benzene rings is 2. The zero-order valence-corrected chi connectivity index (χ0v) is 38.6. The molecule has 0 spiro atoms. The van der Waals surface area contributed by atoms with E-state index in [2.05, 4.69) is 25.4 Å². The van der Waals surface area contributed by atoms with Gasteiger partial charge in [0, 0.05) is 113 Å². The third kappa shape index (κ3) is 11.0. The molecule has 2 N–H and O–H groups in total. The SMILES string of the molecule is O=C(CCCN1CCN(c2ccc(-c3ccc4c(c3)C(=O)N(C(C(=O)Nc3nccs3)c3ccccc3)C4)cn2)CC1)CCC(=O)CCC(=O)CCNC(=O)CC12CC3CC(CC(C3)C1)C2. The summed E-state index contributed by atoms with van der Waals surface area (Å²) in [6.07, 6.45) is 13.8. The quantitative estimate of drug-likeness (QED) is 0.0844. The van der Waals surface area contributed by atoms with Crippen LogP contribution in [-0.2, 0) is 30.5 Å². The van der Waals surface area contributed by atoms with Crippen molar-refractivity contribution in [1.82, 2.24) is 25.1 Å². The smallest absolute Gasteiger partial charge is 0.255 e. The average molecular weight is 912 g/mol. The lowest BCUT2D eigenvalue weighted by Crippen LogP contribution is -2.48. The summed E-state index contributed by atoms with van der Waals surface area (Å²) in [4.78, 5) is 93.2. The van der Waals surface area contributed by atoms with Gasteiger partial charge in [-0.05, 0) is 110 Å². The molecule has 10 rings (SSSR count). The number of piperazine rings is 1. The topological polar surface area (TPSA) is 162 Å². The summed E-state index contributed by atoms with van der Waals surface area (Å²) in [6, 6.07) is 18.4. The molecule has 0 radical (unpaired) electrons. The zero-order valence-electron chi connectivity index (χ0n) is 37.8. The van der Waals surface area contributed by atoms with Gasteiger partial charge in [-0.2, -0.15) is 0 Å². The first-order valence-corrected chi connectivity index (χ1v) is 24.9. The van der Waals surface area contributed by atoms with Gasteiger partial charge in [0.15, 0.2) is 5.13 Å². The number of nitrogens with one attached hydrogen (secondary N) is 2. The fraction of sp³-hybridized carbons (Fsp3) is 0.500. The molecule has 66 heavy (non-hydrogen) atoms. The minimum atomic E-state index is -0.820. The van der Waals surface area contributed by atoms with E-state index in [1.165, 1.54) is 49.9 Å². The monoisotopic (exact) mass is 911 g/mol. The van der Waals surface area contributed by atoms with Crippen LogP contribution < -0.4 is 15.5 Å². The van der Waals surface area contributed by atoms with E-state index < -0.39 is 6.04 Å². The maximum atomic E-state index is 13.9. The number of Topliss-reactive ketones (excluding diaryl/α,β-unsaturated/α-hetero) is 3. The van der Waals surface area contributed by atoms with Crippen LogP contribution in [0.4, 0.5) is 10.9 Å². The van der Waals surface area contributed by atoms with Gasteiger partial charge in [-0.3, -0.25) is 39.0 Å². The van der Waals surface area contributed by atoms with E-state index in [0.717, 1.165) is 85.0 Å². The van der Waals surface area contributed by atoms with Gasteiger partial charge in [-0.25, -0.2) is 9.97 Å². The second-order valence-corrected chi connectivity index (χ2v) is 20.5. The van der Waals surface area contributed by atoms with Crippen molar-refractivity contribution in [3.05, 3.63) is 95.1 Å². The number of fused-ring (bicyclic) bond motifs is 1. The highest BCUT2D eigenvalue weighted by Crippen LogP contribution is 2.61. The largest absolute Gasteiger partial charge is 0.356 e. The number of rotatable bonds is 21. The number of hydrogen-bond donors (Lipinski definition) is 2. The molecule has 6 aliphatic rings. The summed E-state index contributed by atoms with van der Waals surface area (Å²) in [5.41, 5.74) is 4.12. The van der Waals surface area contributed by atoms with Crippen LogP contribution in [0.2, 0.25) is 0 Å². The molecule has 1 atom stereocenters. The Labute approximate surface area is 391 Å². The Balaban J connectivity index is 0.654. The van der Waals surface area contributed by atoms with Crippen molar-refractivity contribution in [2.24, 2.45) is 23.2 Å². The van der Waals surface area contributed by atoms with Crippen LogP contribution in [0.25, 0.3) is 11.1 Å². The molecule has 4 heterocycles. The van der Waals surface area contributed by atoms with Gasteiger partial charge in [0.05, 0.1) is 0 Å². The van der Waals surface area contributed by atoms with Crippen molar-refractivity contribution in [3.8, 4) is 11.1 Å². The molecular weight excluding hydrogens is 851 g/mol. The Bertz CT molecular complexity index is 2360. The summed E-state index contributed by atoms with van der Waals surface area (Å²) < 4.78 is 0. The van der Waals surface area contributed by atoms with Crippen LogP contribution >= 0.6 is 11.3 Å². The average Bonchev–Trinajstić information content (AvgIpc) is 3.94. The second kappa shape index (κ2) is 20.5. The van der Waals surface area contributed by atoms with Crippen molar-refractivity contribution in [2.75, 3.05) is 49.5 Å². The zero-order chi connectivity index (χ0) is 45.6. The number of carbonyl (C=O) groups is 6. The van der Waals surface area contributed by atoms with Crippen LogP contribution in [0.15, 0.2) is 78.4 Å². The lowest BCUT2D eigenvalue weighted by atomic mass is 9.49. The third-order valence-electron chi connectivity index (χ3n) is 14.8. The molecular formula is C52H61N7O6S.